The van der Waals surface area contributed by atoms with Gasteiger partial charge in [0.15, 0.2) is 0 Å². The Kier molecular flexibility index (Phi) is 15.7. The van der Waals surface area contributed by atoms with E-state index in [2.05, 4.69) is 79.7 Å². The van der Waals surface area contributed by atoms with Crippen molar-refractivity contribution in [1.82, 2.24) is 0 Å². The molecular weight excluding hydrogens is 452 g/mol. The van der Waals surface area contributed by atoms with Crippen LogP contribution in [0.1, 0.15) is 20.3 Å². The predicted octanol–water partition coefficient (Wildman–Crippen LogP) is 7.16. The van der Waals surface area contributed by atoms with E-state index < -0.39 is 0 Å². The first-order chi connectivity index (χ1) is 11.7. The molecule has 0 saturated carbocycles. The molecule has 4 heteroatoms. The van der Waals surface area contributed by atoms with Crippen molar-refractivity contribution in [3.05, 3.63) is 79.3 Å². The van der Waals surface area contributed by atoms with Crippen molar-refractivity contribution in [2.75, 3.05) is 19.0 Å². The molecule has 0 heterocycles. The van der Waals surface area contributed by atoms with Gasteiger partial charge in [-0.3, -0.25) is 6.08 Å². The molecule has 3 aromatic carbocycles. The van der Waals surface area contributed by atoms with Crippen LogP contribution in [-0.2, 0) is 26.2 Å². The van der Waals surface area contributed by atoms with Crippen molar-refractivity contribution in [2.24, 2.45) is 0 Å². The van der Waals surface area contributed by atoms with Gasteiger partial charge in [-0.15, -0.1) is 65.6 Å². The number of rotatable bonds is 1. The molecule has 1 aliphatic rings. The Bertz CT molecular complexity index is 825. The van der Waals surface area contributed by atoms with E-state index in [1.165, 1.54) is 27.2 Å². The van der Waals surface area contributed by atoms with Crippen molar-refractivity contribution >= 4 is 52.0 Å². The van der Waals surface area contributed by atoms with E-state index in [1.807, 2.05) is 32.4 Å². The fraction of sp³-hybridized carbons (Fsp3) is 0.217. The van der Waals surface area contributed by atoms with Gasteiger partial charge in [-0.2, -0.15) is 19.9 Å². The monoisotopic (exact) mass is 478 g/mol. The molecule has 143 valence electrons. The Morgan fingerprint density at radius 3 is 2.11 bits per heavy atom. The summed E-state index contributed by atoms with van der Waals surface area (Å²) in [4.78, 5) is 2.18. The van der Waals surface area contributed by atoms with Crippen LogP contribution < -0.4 is 4.90 Å². The second-order valence-corrected chi connectivity index (χ2v) is 5.95. The molecule has 0 N–H and O–H groups in total. The summed E-state index contributed by atoms with van der Waals surface area (Å²) in [7, 11) is 4.19. The minimum Gasteiger partial charge on any atom is -0.384 e. The molecule has 0 unspecified atom stereocenters. The van der Waals surface area contributed by atoms with Crippen LogP contribution in [0.2, 0.25) is 0 Å². The molecule has 0 amide bonds. The molecule has 0 spiro atoms. The van der Waals surface area contributed by atoms with E-state index in [0.29, 0.717) is 0 Å². The van der Waals surface area contributed by atoms with Gasteiger partial charge < -0.3 is 11.3 Å². The average Bonchev–Trinajstić information content (AvgIpc) is 3.26. The minimum atomic E-state index is 0. The van der Waals surface area contributed by atoms with Crippen LogP contribution in [0.25, 0.3) is 21.5 Å². The molecule has 0 atom stereocenters. The van der Waals surface area contributed by atoms with E-state index in [4.69, 9.17) is 0 Å². The van der Waals surface area contributed by atoms with Gasteiger partial charge in [-0.25, -0.2) is 12.2 Å². The Labute approximate surface area is 195 Å². The fourth-order valence-corrected chi connectivity index (χ4v) is 2.70. The van der Waals surface area contributed by atoms with Gasteiger partial charge in [0.05, 0.1) is 0 Å². The fourth-order valence-electron chi connectivity index (χ4n) is 2.70. The first-order valence-corrected chi connectivity index (χ1v) is 8.39. The SMILES string of the molecule is CN(C)c1cccc2[cH-]c3ccccc3c12.C[CH-]C.Cl.Cl.[C-]1=CC=CC1.[Zr+3]. The molecule has 1 aliphatic carbocycles. The number of benzene rings is 2. The van der Waals surface area contributed by atoms with Gasteiger partial charge >= 0.3 is 26.2 Å². The smallest absolute Gasteiger partial charge is 0.384 e. The summed E-state index contributed by atoms with van der Waals surface area (Å²) in [6.45, 7) is 4.00. The summed E-state index contributed by atoms with van der Waals surface area (Å²) < 4.78 is 0. The van der Waals surface area contributed by atoms with Crippen molar-refractivity contribution in [1.29, 1.82) is 0 Å². The van der Waals surface area contributed by atoms with Gasteiger partial charge in [0.25, 0.3) is 0 Å². The van der Waals surface area contributed by atoms with Crippen LogP contribution in [-0.4, -0.2) is 14.1 Å². The number of halogens is 2. The summed E-state index contributed by atoms with van der Waals surface area (Å²) >= 11 is 0. The van der Waals surface area contributed by atoms with E-state index >= 15 is 0 Å². The average molecular weight is 481 g/mol. The molecule has 1 nitrogen and oxygen atoms in total. The van der Waals surface area contributed by atoms with Crippen LogP contribution >= 0.6 is 24.8 Å². The summed E-state index contributed by atoms with van der Waals surface area (Å²) in [5.74, 6) is 0. The zero-order valence-electron chi connectivity index (χ0n) is 16.4. The van der Waals surface area contributed by atoms with Crippen LogP contribution in [0.5, 0.6) is 0 Å². The number of hydrogen-bond donors (Lipinski definition) is 0. The third kappa shape index (κ3) is 7.90. The number of nitrogens with zero attached hydrogens (tertiary/aromatic N) is 1. The first-order valence-electron chi connectivity index (χ1n) is 8.39. The number of fused-ring (bicyclic) bond motifs is 3. The third-order valence-electron chi connectivity index (χ3n) is 3.68. The molecule has 4 rings (SSSR count). The van der Waals surface area contributed by atoms with E-state index in [9.17, 15) is 0 Å². The molecule has 3 aromatic rings. The first kappa shape index (κ1) is 28.3. The third-order valence-corrected chi connectivity index (χ3v) is 3.68. The van der Waals surface area contributed by atoms with E-state index in [-0.39, 0.29) is 51.0 Å². The normalized spacial score (nSPS) is 10.5. The largest absolute Gasteiger partial charge is 3.00 e. The zero-order valence-corrected chi connectivity index (χ0v) is 20.5. The Morgan fingerprint density at radius 1 is 0.963 bits per heavy atom. The van der Waals surface area contributed by atoms with Crippen LogP contribution in [0.3, 0.4) is 0 Å². The second-order valence-electron chi connectivity index (χ2n) is 5.95. The molecule has 0 fully saturated rings. The zero-order chi connectivity index (χ0) is 17.4. The van der Waals surface area contributed by atoms with Crippen molar-refractivity contribution in [2.45, 2.75) is 20.3 Å². The molecule has 0 aromatic heterocycles. The molecule has 0 bridgehead atoms. The Hall–Kier alpha value is -0.947. The minimum absolute atomic E-state index is 0. The quantitative estimate of drug-likeness (QED) is 0.334. The van der Waals surface area contributed by atoms with Gasteiger partial charge in [0.1, 0.15) is 0 Å². The topological polar surface area (TPSA) is 3.24 Å². The van der Waals surface area contributed by atoms with Gasteiger partial charge in [0.2, 0.25) is 0 Å². The van der Waals surface area contributed by atoms with Crippen molar-refractivity contribution in [3.8, 4) is 0 Å². The maximum absolute atomic E-state index is 2.99. The number of hydrogen-bond acceptors (Lipinski definition) is 1. The standard InChI is InChI=1S/C15H14N.C5H5.C3H7.2ClH.Zr/c1-16(2)14-9-5-7-12-10-11-6-3-4-8-13(11)15(12)14;1-2-4-5-3-1;1-3-2;;;/h3-10H,1-2H3;1-3H,4H2;3H,1-2H3;2*1H;/q3*-1;;;+3. The van der Waals surface area contributed by atoms with Crippen LogP contribution in [0.4, 0.5) is 5.69 Å². The summed E-state index contributed by atoms with van der Waals surface area (Å²) in [6, 6.07) is 17.3. The van der Waals surface area contributed by atoms with E-state index in [0.717, 1.165) is 6.42 Å². The summed E-state index contributed by atoms with van der Waals surface area (Å²) in [6.07, 6.45) is 12.0. The molecule has 27 heavy (non-hydrogen) atoms. The molecule has 0 saturated heterocycles. The molecule has 1 radical (unpaired) electrons. The molecular formula is C23H28Cl2NZr. The molecule has 0 aliphatic heterocycles. The maximum atomic E-state index is 2.99. The van der Waals surface area contributed by atoms with Gasteiger partial charge in [-0.05, 0) is 0 Å². The van der Waals surface area contributed by atoms with Crippen LogP contribution in [0, 0.1) is 12.5 Å². The Balaban J connectivity index is 0. The summed E-state index contributed by atoms with van der Waals surface area (Å²) in [5, 5.41) is 5.36. The number of allylic oxidation sites excluding steroid dienone is 4. The summed E-state index contributed by atoms with van der Waals surface area (Å²) in [5.41, 5.74) is 1.29. The maximum Gasteiger partial charge on any atom is 3.00 e. The predicted molar refractivity (Wildman–Crippen MR) is 123 cm³/mol. The van der Waals surface area contributed by atoms with Crippen molar-refractivity contribution < 1.29 is 26.2 Å². The van der Waals surface area contributed by atoms with Gasteiger partial charge in [-0.1, -0.05) is 35.7 Å². The second kappa shape index (κ2) is 15.0. The van der Waals surface area contributed by atoms with Crippen LogP contribution in [0.15, 0.2) is 66.8 Å². The Morgan fingerprint density at radius 2 is 1.59 bits per heavy atom. The van der Waals surface area contributed by atoms with Gasteiger partial charge in [0, 0.05) is 19.8 Å². The van der Waals surface area contributed by atoms with E-state index in [1.54, 1.807) is 0 Å². The van der Waals surface area contributed by atoms with Crippen molar-refractivity contribution in [3.63, 3.8) is 0 Å². The number of anilines is 1.